The molecule has 1 fully saturated rings. The Balaban J connectivity index is 1.91. The Hall–Kier alpha value is -2.90. The van der Waals surface area contributed by atoms with Crippen molar-refractivity contribution in [1.82, 2.24) is 4.90 Å². The molecule has 0 aliphatic carbocycles. The summed E-state index contributed by atoms with van der Waals surface area (Å²) in [4.78, 5) is 25.0. The molecule has 27 heavy (non-hydrogen) atoms. The Bertz CT molecular complexity index is 832. The van der Waals surface area contributed by atoms with Gasteiger partial charge in [0.25, 0.3) is 0 Å². The molecule has 3 rings (SSSR count). The van der Waals surface area contributed by atoms with Crippen LogP contribution in [0.25, 0.3) is 0 Å². The number of carbonyl (C=O) groups excluding carboxylic acids is 2. The molecule has 1 heterocycles. The highest BCUT2D eigenvalue weighted by molar-refractivity contribution is 5.93. The number of alkyl halides is 3. The van der Waals surface area contributed by atoms with E-state index in [1.807, 2.05) is 0 Å². The highest BCUT2D eigenvalue weighted by Gasteiger charge is 2.32. The fraction of sp³-hybridized carbons (Fsp3) is 0.263. The van der Waals surface area contributed by atoms with E-state index in [-0.39, 0.29) is 19.6 Å². The quantitative estimate of drug-likeness (QED) is 0.740. The van der Waals surface area contributed by atoms with E-state index in [1.54, 1.807) is 0 Å². The minimum atomic E-state index is -4.47. The van der Waals surface area contributed by atoms with Gasteiger partial charge in [0.2, 0.25) is 5.91 Å². The zero-order valence-electron chi connectivity index (χ0n) is 14.0. The van der Waals surface area contributed by atoms with Crippen molar-refractivity contribution in [3.8, 4) is 0 Å². The summed E-state index contributed by atoms with van der Waals surface area (Å²) in [5.74, 6) is -1.61. The number of hydrogen-bond acceptors (Lipinski definition) is 3. The number of rotatable bonds is 4. The smallest absolute Gasteiger partial charge is 0.416 e. The largest absolute Gasteiger partial charge is 0.447 e. The van der Waals surface area contributed by atoms with E-state index in [0.29, 0.717) is 11.1 Å². The van der Waals surface area contributed by atoms with Gasteiger partial charge >= 0.3 is 12.3 Å². The Morgan fingerprint density at radius 2 is 1.59 bits per heavy atom. The van der Waals surface area contributed by atoms with Crippen LogP contribution in [0.2, 0.25) is 0 Å². The predicted molar refractivity (Wildman–Crippen MR) is 87.4 cm³/mol. The number of nitrogens with zero attached hydrogens (tertiary/aromatic N) is 1. The second kappa shape index (κ2) is 7.38. The summed E-state index contributed by atoms with van der Waals surface area (Å²) in [6, 6.07) is 9.78. The number of halogens is 4. The van der Waals surface area contributed by atoms with Gasteiger partial charge in [-0.25, -0.2) is 14.1 Å². The van der Waals surface area contributed by atoms with Crippen LogP contribution in [-0.2, 0) is 15.7 Å². The topological polar surface area (TPSA) is 46.6 Å². The third kappa shape index (κ3) is 4.27. The summed E-state index contributed by atoms with van der Waals surface area (Å²) in [6.07, 6.45) is -5.38. The Morgan fingerprint density at radius 3 is 2.07 bits per heavy atom. The second-order valence-electron chi connectivity index (χ2n) is 6.09. The standard InChI is InChI=1S/C19H15F4NO3/c20-15-7-3-13(4-8-15)16(11-17(25)24-9-10-27-18(24)26)12-1-5-14(6-2-12)19(21,22)23/h1-8,16H,9-11H2. The van der Waals surface area contributed by atoms with Crippen LogP contribution in [0.3, 0.4) is 0 Å². The van der Waals surface area contributed by atoms with Crippen LogP contribution in [0, 0.1) is 5.82 Å². The molecule has 1 saturated heterocycles. The van der Waals surface area contributed by atoms with Crippen molar-refractivity contribution in [3.63, 3.8) is 0 Å². The van der Waals surface area contributed by atoms with Crippen molar-refractivity contribution in [3.05, 3.63) is 71.0 Å². The van der Waals surface area contributed by atoms with Crippen LogP contribution in [-0.4, -0.2) is 30.1 Å². The van der Waals surface area contributed by atoms with Crippen LogP contribution >= 0.6 is 0 Å². The first-order valence-corrected chi connectivity index (χ1v) is 8.15. The Labute approximate surface area is 152 Å². The molecular formula is C19H15F4NO3. The van der Waals surface area contributed by atoms with Gasteiger partial charge in [-0.2, -0.15) is 13.2 Å². The molecule has 0 N–H and O–H groups in total. The molecule has 2 aromatic carbocycles. The van der Waals surface area contributed by atoms with E-state index in [4.69, 9.17) is 4.74 Å². The van der Waals surface area contributed by atoms with Gasteiger partial charge in [0.05, 0.1) is 12.1 Å². The molecule has 2 aromatic rings. The molecular weight excluding hydrogens is 366 g/mol. The molecule has 1 aliphatic rings. The molecule has 0 aromatic heterocycles. The first kappa shape index (κ1) is 18.9. The maximum absolute atomic E-state index is 13.2. The minimum absolute atomic E-state index is 0.103. The fourth-order valence-corrected chi connectivity index (χ4v) is 2.93. The van der Waals surface area contributed by atoms with Crippen LogP contribution in [0.15, 0.2) is 48.5 Å². The van der Waals surface area contributed by atoms with E-state index < -0.39 is 35.5 Å². The zero-order chi connectivity index (χ0) is 19.6. The third-order valence-electron chi connectivity index (χ3n) is 4.35. The van der Waals surface area contributed by atoms with E-state index in [1.165, 1.54) is 36.4 Å². The lowest BCUT2D eigenvalue weighted by Gasteiger charge is -2.20. The number of ether oxygens (including phenoxy) is 1. The van der Waals surface area contributed by atoms with E-state index in [9.17, 15) is 27.2 Å². The van der Waals surface area contributed by atoms with E-state index in [0.717, 1.165) is 17.0 Å². The van der Waals surface area contributed by atoms with Crippen LogP contribution < -0.4 is 0 Å². The number of cyclic esters (lactones) is 1. The van der Waals surface area contributed by atoms with Gasteiger partial charge in [0.1, 0.15) is 12.4 Å². The Morgan fingerprint density at radius 1 is 1.04 bits per heavy atom. The molecule has 0 spiro atoms. The molecule has 142 valence electrons. The minimum Gasteiger partial charge on any atom is -0.447 e. The van der Waals surface area contributed by atoms with Crippen molar-refractivity contribution >= 4 is 12.0 Å². The van der Waals surface area contributed by atoms with Crippen LogP contribution in [0.1, 0.15) is 29.0 Å². The highest BCUT2D eigenvalue weighted by atomic mass is 19.4. The number of amides is 2. The normalized spacial score (nSPS) is 15.6. The SMILES string of the molecule is O=C(CC(c1ccc(F)cc1)c1ccc(C(F)(F)F)cc1)N1CCOC1=O. The van der Waals surface area contributed by atoms with Gasteiger partial charge in [-0.1, -0.05) is 24.3 Å². The van der Waals surface area contributed by atoms with Gasteiger partial charge in [0, 0.05) is 12.3 Å². The number of imide groups is 1. The highest BCUT2D eigenvalue weighted by Crippen LogP contribution is 2.33. The summed E-state index contributed by atoms with van der Waals surface area (Å²) in [6.45, 7) is 0.229. The maximum Gasteiger partial charge on any atom is 0.416 e. The summed E-state index contributed by atoms with van der Waals surface area (Å²) in [5, 5.41) is 0. The Kier molecular flexibility index (Phi) is 5.16. The molecule has 1 atom stereocenters. The van der Waals surface area contributed by atoms with Crippen molar-refractivity contribution in [2.75, 3.05) is 13.2 Å². The van der Waals surface area contributed by atoms with Crippen molar-refractivity contribution in [2.24, 2.45) is 0 Å². The summed E-state index contributed by atoms with van der Waals surface area (Å²) < 4.78 is 56.4. The molecule has 2 amide bonds. The van der Waals surface area contributed by atoms with Crippen molar-refractivity contribution in [1.29, 1.82) is 0 Å². The van der Waals surface area contributed by atoms with Gasteiger partial charge in [-0.15, -0.1) is 0 Å². The van der Waals surface area contributed by atoms with Crippen molar-refractivity contribution < 1.29 is 31.9 Å². The van der Waals surface area contributed by atoms with Crippen molar-refractivity contribution in [2.45, 2.75) is 18.5 Å². The van der Waals surface area contributed by atoms with Gasteiger partial charge in [-0.05, 0) is 35.4 Å². The lowest BCUT2D eigenvalue weighted by molar-refractivity contribution is -0.137. The molecule has 0 saturated carbocycles. The maximum atomic E-state index is 13.2. The number of benzene rings is 2. The van der Waals surface area contributed by atoms with Crippen LogP contribution in [0.4, 0.5) is 22.4 Å². The fourth-order valence-electron chi connectivity index (χ4n) is 2.93. The molecule has 4 nitrogen and oxygen atoms in total. The lowest BCUT2D eigenvalue weighted by Crippen LogP contribution is -2.32. The molecule has 1 aliphatic heterocycles. The van der Waals surface area contributed by atoms with Gasteiger partial charge < -0.3 is 4.74 Å². The van der Waals surface area contributed by atoms with Gasteiger partial charge in [-0.3, -0.25) is 4.79 Å². The number of carbonyl (C=O) groups is 2. The summed E-state index contributed by atoms with van der Waals surface area (Å²) in [5.41, 5.74) is 0.200. The first-order valence-electron chi connectivity index (χ1n) is 8.15. The van der Waals surface area contributed by atoms with Gasteiger partial charge in [0.15, 0.2) is 0 Å². The molecule has 8 heteroatoms. The molecule has 1 unspecified atom stereocenters. The van der Waals surface area contributed by atoms with E-state index >= 15 is 0 Å². The molecule has 0 bridgehead atoms. The first-order chi connectivity index (χ1) is 12.8. The summed E-state index contributed by atoms with van der Waals surface area (Å²) in [7, 11) is 0. The average molecular weight is 381 g/mol. The second-order valence-corrected chi connectivity index (χ2v) is 6.09. The average Bonchev–Trinajstić information content (AvgIpc) is 3.06. The lowest BCUT2D eigenvalue weighted by atomic mass is 9.87. The van der Waals surface area contributed by atoms with Crippen LogP contribution in [0.5, 0.6) is 0 Å². The van der Waals surface area contributed by atoms with E-state index in [2.05, 4.69) is 0 Å². The molecule has 0 radical (unpaired) electrons. The summed E-state index contributed by atoms with van der Waals surface area (Å²) >= 11 is 0. The monoisotopic (exact) mass is 381 g/mol. The predicted octanol–water partition coefficient (Wildman–Crippen LogP) is 4.35. The third-order valence-corrected chi connectivity index (χ3v) is 4.35. The zero-order valence-corrected chi connectivity index (χ0v) is 14.0. The number of hydrogen-bond donors (Lipinski definition) is 0.